The summed E-state index contributed by atoms with van der Waals surface area (Å²) in [5, 5.41) is 6.90. The van der Waals surface area contributed by atoms with Gasteiger partial charge in [-0.25, -0.2) is 9.18 Å². The lowest BCUT2D eigenvalue weighted by Crippen LogP contribution is -2.47. The molecule has 4 rings (SSSR count). The first-order valence-electron chi connectivity index (χ1n) is 10.3. The highest BCUT2D eigenvalue weighted by Crippen LogP contribution is 2.34. The second-order valence-corrected chi connectivity index (χ2v) is 7.76. The van der Waals surface area contributed by atoms with Crippen LogP contribution in [0.25, 0.3) is 5.70 Å². The molecule has 0 radical (unpaired) electrons. The van der Waals surface area contributed by atoms with Gasteiger partial charge in [0.2, 0.25) is 0 Å². The van der Waals surface area contributed by atoms with Crippen LogP contribution < -0.4 is 10.6 Å². The zero-order valence-corrected chi connectivity index (χ0v) is 18.2. The lowest BCUT2D eigenvalue weighted by atomic mass is 9.90. The summed E-state index contributed by atoms with van der Waals surface area (Å²) in [6.45, 7) is -0.324. The predicted octanol–water partition coefficient (Wildman–Crippen LogP) is 2.86. The van der Waals surface area contributed by atoms with Crippen molar-refractivity contribution >= 4 is 17.6 Å². The number of pyridine rings is 1. The van der Waals surface area contributed by atoms with E-state index in [0.717, 1.165) is 22.4 Å². The van der Waals surface area contributed by atoms with Crippen LogP contribution in [0.15, 0.2) is 79.3 Å². The van der Waals surface area contributed by atoms with Crippen LogP contribution in [0.5, 0.6) is 0 Å². The van der Waals surface area contributed by atoms with Crippen LogP contribution >= 0.6 is 0 Å². The second-order valence-electron chi connectivity index (χ2n) is 7.76. The summed E-state index contributed by atoms with van der Waals surface area (Å²) in [6.07, 6.45) is 5.27. The van der Waals surface area contributed by atoms with Crippen molar-refractivity contribution in [2.75, 3.05) is 20.7 Å². The standard InChI is InChI=1S/C25H23FN4O3/c1-30(2)23(31)16-33-24(32)18-3-5-19(6-4-18)25(20-7-9-21(26)10-8-20)28-15-22(29-25)17-11-13-27-14-12-17/h3-15,28-29H,16H2,1-2H3. The van der Waals surface area contributed by atoms with Crippen molar-refractivity contribution in [3.05, 3.63) is 107 Å². The van der Waals surface area contributed by atoms with E-state index in [1.54, 1.807) is 62.9 Å². The molecular weight excluding hydrogens is 423 g/mol. The Morgan fingerprint density at radius 1 is 0.970 bits per heavy atom. The van der Waals surface area contributed by atoms with Gasteiger partial charge in [-0.15, -0.1) is 0 Å². The molecule has 0 fully saturated rings. The van der Waals surface area contributed by atoms with E-state index in [9.17, 15) is 14.0 Å². The molecule has 33 heavy (non-hydrogen) atoms. The second kappa shape index (κ2) is 9.12. The Balaban J connectivity index is 1.61. The lowest BCUT2D eigenvalue weighted by Gasteiger charge is -2.33. The Kier molecular flexibility index (Phi) is 6.08. The van der Waals surface area contributed by atoms with Gasteiger partial charge in [0.15, 0.2) is 12.3 Å². The largest absolute Gasteiger partial charge is 0.452 e. The van der Waals surface area contributed by atoms with Crippen molar-refractivity contribution in [2.24, 2.45) is 0 Å². The molecule has 1 aliphatic heterocycles. The number of carbonyl (C=O) groups is 2. The van der Waals surface area contributed by atoms with Gasteiger partial charge in [0, 0.05) is 49.4 Å². The fourth-order valence-corrected chi connectivity index (χ4v) is 3.52. The SMILES string of the molecule is CN(C)C(=O)COC(=O)c1ccc(C2(c3ccc(F)cc3)NC=C(c3ccncc3)N2)cc1. The van der Waals surface area contributed by atoms with E-state index in [1.165, 1.54) is 17.0 Å². The van der Waals surface area contributed by atoms with Gasteiger partial charge in [-0.2, -0.15) is 0 Å². The van der Waals surface area contributed by atoms with Crippen LogP contribution in [-0.4, -0.2) is 42.5 Å². The van der Waals surface area contributed by atoms with Crippen molar-refractivity contribution in [2.45, 2.75) is 5.66 Å². The highest BCUT2D eigenvalue weighted by Gasteiger charge is 2.38. The topological polar surface area (TPSA) is 83.6 Å². The molecule has 7 nitrogen and oxygen atoms in total. The molecule has 8 heteroatoms. The molecule has 2 aromatic carbocycles. The molecule has 168 valence electrons. The van der Waals surface area contributed by atoms with Crippen molar-refractivity contribution in [3.63, 3.8) is 0 Å². The van der Waals surface area contributed by atoms with E-state index in [-0.39, 0.29) is 18.3 Å². The van der Waals surface area contributed by atoms with Crippen molar-refractivity contribution in [3.8, 4) is 0 Å². The first-order valence-corrected chi connectivity index (χ1v) is 10.3. The van der Waals surface area contributed by atoms with Gasteiger partial charge >= 0.3 is 5.97 Å². The van der Waals surface area contributed by atoms with E-state index in [1.807, 2.05) is 18.3 Å². The minimum atomic E-state index is -0.879. The summed E-state index contributed by atoms with van der Waals surface area (Å²) in [6, 6.07) is 16.8. The average Bonchev–Trinajstić information content (AvgIpc) is 3.30. The Hall–Kier alpha value is -4.20. The van der Waals surface area contributed by atoms with Gasteiger partial charge < -0.3 is 20.3 Å². The highest BCUT2D eigenvalue weighted by molar-refractivity contribution is 5.91. The van der Waals surface area contributed by atoms with Crippen LogP contribution in [-0.2, 0) is 15.2 Å². The number of rotatable bonds is 6. The molecule has 2 heterocycles. The number of nitrogens with one attached hydrogen (secondary N) is 2. The number of amides is 1. The number of halogens is 1. The molecule has 3 aromatic rings. The maximum atomic E-state index is 13.6. The van der Waals surface area contributed by atoms with Crippen molar-refractivity contribution < 1.29 is 18.7 Å². The molecule has 2 N–H and O–H groups in total. The van der Waals surface area contributed by atoms with Gasteiger partial charge in [-0.05, 0) is 36.4 Å². The maximum Gasteiger partial charge on any atom is 0.338 e. The molecule has 0 saturated carbocycles. The number of carbonyl (C=O) groups excluding carboxylic acids is 2. The van der Waals surface area contributed by atoms with Gasteiger partial charge in [-0.1, -0.05) is 24.3 Å². The van der Waals surface area contributed by atoms with Gasteiger partial charge in [0.05, 0.1) is 11.3 Å². The van der Waals surface area contributed by atoms with E-state index in [2.05, 4.69) is 15.6 Å². The number of ether oxygens (including phenoxy) is 1. The van der Waals surface area contributed by atoms with Crippen LogP contribution in [0.3, 0.4) is 0 Å². The highest BCUT2D eigenvalue weighted by atomic mass is 19.1. The van der Waals surface area contributed by atoms with Crippen LogP contribution in [0, 0.1) is 5.82 Å². The Labute approximate surface area is 190 Å². The first-order chi connectivity index (χ1) is 15.9. The predicted molar refractivity (Wildman–Crippen MR) is 121 cm³/mol. The third-order valence-corrected chi connectivity index (χ3v) is 5.40. The quantitative estimate of drug-likeness (QED) is 0.567. The van der Waals surface area contributed by atoms with Crippen LogP contribution in [0.1, 0.15) is 27.0 Å². The molecule has 1 amide bonds. The van der Waals surface area contributed by atoms with Crippen LogP contribution in [0.2, 0.25) is 0 Å². The number of hydrogen-bond acceptors (Lipinski definition) is 6. The molecule has 1 atom stereocenters. The fraction of sp³-hybridized carbons (Fsp3) is 0.160. The summed E-state index contributed by atoms with van der Waals surface area (Å²) in [5.41, 5.74) is 2.81. The molecule has 0 aliphatic carbocycles. The van der Waals surface area contributed by atoms with Gasteiger partial charge in [0.25, 0.3) is 5.91 Å². The van der Waals surface area contributed by atoms with Crippen LogP contribution in [0.4, 0.5) is 4.39 Å². The van der Waals surface area contributed by atoms with Crippen molar-refractivity contribution in [1.29, 1.82) is 0 Å². The summed E-state index contributed by atoms with van der Waals surface area (Å²) < 4.78 is 18.7. The van der Waals surface area contributed by atoms with Gasteiger partial charge in [-0.3, -0.25) is 9.78 Å². The van der Waals surface area contributed by atoms with E-state index in [4.69, 9.17) is 4.74 Å². The molecule has 0 spiro atoms. The summed E-state index contributed by atoms with van der Waals surface area (Å²) >= 11 is 0. The summed E-state index contributed by atoms with van der Waals surface area (Å²) in [5.74, 6) is -1.22. The van der Waals surface area contributed by atoms with E-state index >= 15 is 0 Å². The smallest absolute Gasteiger partial charge is 0.338 e. The molecule has 1 aliphatic rings. The number of likely N-dealkylation sites (N-methyl/N-ethyl adjacent to an activating group) is 1. The number of hydrogen-bond donors (Lipinski definition) is 2. The molecule has 0 bridgehead atoms. The van der Waals surface area contributed by atoms with E-state index in [0.29, 0.717) is 5.56 Å². The van der Waals surface area contributed by atoms with E-state index < -0.39 is 11.6 Å². The van der Waals surface area contributed by atoms with Gasteiger partial charge in [0.1, 0.15) is 5.82 Å². The minimum Gasteiger partial charge on any atom is -0.452 e. The number of aromatic nitrogens is 1. The number of benzene rings is 2. The maximum absolute atomic E-state index is 13.6. The Bertz CT molecular complexity index is 1180. The minimum absolute atomic E-state index is 0.302. The molecule has 0 saturated heterocycles. The Morgan fingerprint density at radius 3 is 2.18 bits per heavy atom. The summed E-state index contributed by atoms with van der Waals surface area (Å²) in [4.78, 5) is 29.4. The molecule has 1 unspecified atom stereocenters. The Morgan fingerprint density at radius 2 is 1.58 bits per heavy atom. The lowest BCUT2D eigenvalue weighted by molar-refractivity contribution is -0.131. The zero-order valence-electron chi connectivity index (χ0n) is 18.2. The first kappa shape index (κ1) is 22.0. The average molecular weight is 446 g/mol. The number of esters is 1. The zero-order chi connectivity index (χ0) is 23.4. The van der Waals surface area contributed by atoms with Crippen molar-refractivity contribution in [1.82, 2.24) is 20.5 Å². The normalized spacial score (nSPS) is 16.9. The fourth-order valence-electron chi connectivity index (χ4n) is 3.52. The number of nitrogens with zero attached hydrogens (tertiary/aromatic N) is 2. The summed E-state index contributed by atoms with van der Waals surface area (Å²) in [7, 11) is 3.19. The third-order valence-electron chi connectivity index (χ3n) is 5.40. The molecular formula is C25H23FN4O3. The molecule has 1 aromatic heterocycles. The monoisotopic (exact) mass is 446 g/mol. The third kappa shape index (κ3) is 4.55.